The number of carboxylic acids is 2. The second-order valence-corrected chi connectivity index (χ2v) is 6.10. The zero-order valence-electron chi connectivity index (χ0n) is 18.1. The van der Waals surface area contributed by atoms with Crippen LogP contribution in [-0.4, -0.2) is 107 Å². The van der Waals surface area contributed by atoms with Gasteiger partial charge in [-0.2, -0.15) is 0 Å². The van der Waals surface area contributed by atoms with E-state index in [1.165, 1.54) is 32.4 Å². The Morgan fingerprint density at radius 1 is 0.812 bits per heavy atom. The maximum atomic E-state index is 11.4. The number of benzene rings is 1. The molecule has 1 rings (SSSR count). The number of hydrogen-bond acceptors (Lipinski definition) is 9. The Labute approximate surface area is 185 Å². The molecule has 0 spiro atoms. The summed E-state index contributed by atoms with van der Waals surface area (Å²) in [6.07, 6.45) is 0. The molecule has 0 fully saturated rings. The number of carbonyl (C=O) groups is 3. The molecule has 1 aromatic rings. The van der Waals surface area contributed by atoms with E-state index in [4.69, 9.17) is 33.6 Å². The molecule has 32 heavy (non-hydrogen) atoms. The molecule has 1 aromatic carbocycles. The smallest absolute Gasteiger partial charge is 0.340 e. The number of ether oxygens (including phenoxy) is 5. The fraction of sp³-hybridized carbons (Fsp3) is 0.550. The fourth-order valence-electron chi connectivity index (χ4n) is 2.27. The van der Waals surface area contributed by atoms with Crippen molar-refractivity contribution < 1.29 is 53.1 Å². The minimum Gasteiger partial charge on any atom is -0.490 e. The summed E-state index contributed by atoms with van der Waals surface area (Å²) < 4.78 is 26.4. The molecule has 0 aliphatic carbocycles. The van der Waals surface area contributed by atoms with E-state index >= 15 is 0 Å². The first-order chi connectivity index (χ1) is 15.4. The van der Waals surface area contributed by atoms with Gasteiger partial charge >= 0.3 is 11.9 Å². The highest BCUT2D eigenvalue weighted by molar-refractivity contribution is 6.03. The van der Waals surface area contributed by atoms with Crippen molar-refractivity contribution in [2.45, 2.75) is 0 Å². The lowest BCUT2D eigenvalue weighted by Crippen LogP contribution is -2.29. The molecule has 0 bridgehead atoms. The Bertz CT molecular complexity index is 725. The standard InChI is InChI=1S/C20H29NO11/c1-21(27-2)17(22)14-31-11-10-29-7-6-28-8-9-30-12-13-32-16-5-3-4-15(19(23)24)18(16)20(25)26/h3-5H,6-14H2,1-2H3,(H,23,24)(H,25,26). The van der Waals surface area contributed by atoms with Crippen LogP contribution in [0.2, 0.25) is 0 Å². The molecule has 0 radical (unpaired) electrons. The van der Waals surface area contributed by atoms with Crippen LogP contribution in [0.25, 0.3) is 0 Å². The molecule has 0 unspecified atom stereocenters. The molecular formula is C20H29NO11. The Morgan fingerprint density at radius 2 is 1.34 bits per heavy atom. The summed E-state index contributed by atoms with van der Waals surface area (Å²) in [4.78, 5) is 38.5. The van der Waals surface area contributed by atoms with E-state index in [9.17, 15) is 19.5 Å². The fourth-order valence-corrected chi connectivity index (χ4v) is 2.27. The molecule has 12 nitrogen and oxygen atoms in total. The van der Waals surface area contributed by atoms with E-state index in [1.54, 1.807) is 0 Å². The molecule has 0 saturated heterocycles. The second-order valence-electron chi connectivity index (χ2n) is 6.10. The first kappa shape index (κ1) is 27.3. The van der Waals surface area contributed by atoms with Gasteiger partial charge < -0.3 is 33.9 Å². The Hall–Kier alpha value is -2.77. The third kappa shape index (κ3) is 10.5. The molecular weight excluding hydrogens is 430 g/mol. The summed E-state index contributed by atoms with van der Waals surface area (Å²) in [6, 6.07) is 4.00. The van der Waals surface area contributed by atoms with Crippen molar-refractivity contribution in [2.24, 2.45) is 0 Å². The van der Waals surface area contributed by atoms with Gasteiger partial charge in [-0.15, -0.1) is 0 Å². The summed E-state index contributed by atoms with van der Waals surface area (Å²) in [5.41, 5.74) is -0.743. The third-order valence-corrected chi connectivity index (χ3v) is 3.92. The molecule has 180 valence electrons. The minimum atomic E-state index is -1.38. The topological polar surface area (TPSA) is 150 Å². The monoisotopic (exact) mass is 459 g/mol. The average Bonchev–Trinajstić information content (AvgIpc) is 2.77. The predicted octanol–water partition coefficient (Wildman–Crippen LogP) is 0.548. The van der Waals surface area contributed by atoms with Gasteiger partial charge in [0.15, 0.2) is 0 Å². The van der Waals surface area contributed by atoms with E-state index in [1.807, 2.05) is 0 Å². The van der Waals surface area contributed by atoms with Gasteiger partial charge in [0.05, 0.1) is 58.9 Å². The maximum absolute atomic E-state index is 11.4. The highest BCUT2D eigenvalue weighted by atomic mass is 16.7. The van der Waals surface area contributed by atoms with Crippen molar-refractivity contribution in [2.75, 3.05) is 73.6 Å². The quantitative estimate of drug-likeness (QED) is 0.234. The molecule has 0 aromatic heterocycles. The summed E-state index contributed by atoms with van der Waals surface area (Å²) in [7, 11) is 2.88. The van der Waals surface area contributed by atoms with Crippen LogP contribution in [0.15, 0.2) is 18.2 Å². The van der Waals surface area contributed by atoms with E-state index in [0.717, 1.165) is 5.06 Å². The highest BCUT2D eigenvalue weighted by Gasteiger charge is 2.20. The van der Waals surface area contributed by atoms with Crippen LogP contribution in [-0.2, 0) is 28.6 Å². The van der Waals surface area contributed by atoms with Crippen molar-refractivity contribution in [1.29, 1.82) is 0 Å². The molecule has 0 heterocycles. The van der Waals surface area contributed by atoms with Crippen LogP contribution in [0.3, 0.4) is 0 Å². The van der Waals surface area contributed by atoms with Crippen molar-refractivity contribution in [3.63, 3.8) is 0 Å². The van der Waals surface area contributed by atoms with Crippen molar-refractivity contribution in [1.82, 2.24) is 5.06 Å². The molecule has 1 amide bonds. The highest BCUT2D eigenvalue weighted by Crippen LogP contribution is 2.22. The lowest BCUT2D eigenvalue weighted by Gasteiger charge is -2.13. The van der Waals surface area contributed by atoms with Gasteiger partial charge in [0.1, 0.15) is 24.5 Å². The van der Waals surface area contributed by atoms with Crippen molar-refractivity contribution in [3.8, 4) is 5.75 Å². The predicted molar refractivity (Wildman–Crippen MR) is 109 cm³/mol. The number of hydrogen-bond donors (Lipinski definition) is 2. The summed E-state index contributed by atoms with van der Waals surface area (Å²) >= 11 is 0. The van der Waals surface area contributed by atoms with Crippen LogP contribution < -0.4 is 4.74 Å². The number of carboxylic acid groups (broad SMARTS) is 2. The Balaban J connectivity index is 2.03. The van der Waals surface area contributed by atoms with Gasteiger partial charge in [-0.25, -0.2) is 14.7 Å². The Morgan fingerprint density at radius 3 is 1.84 bits per heavy atom. The van der Waals surface area contributed by atoms with Crippen molar-refractivity contribution >= 4 is 17.8 Å². The maximum Gasteiger partial charge on any atom is 0.340 e. The van der Waals surface area contributed by atoms with Crippen LogP contribution >= 0.6 is 0 Å². The van der Waals surface area contributed by atoms with E-state index in [0.29, 0.717) is 33.0 Å². The largest absolute Gasteiger partial charge is 0.490 e. The van der Waals surface area contributed by atoms with E-state index < -0.39 is 17.5 Å². The molecule has 0 atom stereocenters. The average molecular weight is 459 g/mol. The second kappa shape index (κ2) is 15.9. The minimum absolute atomic E-state index is 0.0338. The van der Waals surface area contributed by atoms with Crippen LogP contribution in [0.5, 0.6) is 5.75 Å². The lowest BCUT2D eigenvalue weighted by molar-refractivity contribution is -0.173. The third-order valence-electron chi connectivity index (χ3n) is 3.92. The van der Waals surface area contributed by atoms with E-state index in [-0.39, 0.29) is 43.6 Å². The Kier molecular flexibility index (Phi) is 13.6. The first-order valence-corrected chi connectivity index (χ1v) is 9.72. The van der Waals surface area contributed by atoms with Crippen LogP contribution in [0.1, 0.15) is 20.7 Å². The summed E-state index contributed by atoms with van der Waals surface area (Å²) in [6.45, 7) is 2.06. The number of hydroxylamine groups is 2. The van der Waals surface area contributed by atoms with Gasteiger partial charge in [0, 0.05) is 7.05 Å². The van der Waals surface area contributed by atoms with E-state index in [2.05, 4.69) is 0 Å². The van der Waals surface area contributed by atoms with Crippen molar-refractivity contribution in [3.05, 3.63) is 29.3 Å². The number of carbonyl (C=O) groups excluding carboxylic acids is 1. The van der Waals surface area contributed by atoms with Gasteiger partial charge in [0.2, 0.25) is 0 Å². The van der Waals surface area contributed by atoms with Gasteiger partial charge in [-0.3, -0.25) is 9.63 Å². The number of nitrogens with zero attached hydrogens (tertiary/aromatic N) is 1. The molecule has 2 N–H and O–H groups in total. The number of aromatic carboxylic acids is 2. The zero-order chi connectivity index (χ0) is 23.8. The number of likely N-dealkylation sites (N-methyl/N-ethyl adjacent to an activating group) is 1. The molecule has 0 saturated carbocycles. The number of rotatable bonds is 18. The van der Waals surface area contributed by atoms with Gasteiger partial charge in [-0.05, 0) is 12.1 Å². The van der Waals surface area contributed by atoms with Gasteiger partial charge in [0.25, 0.3) is 5.91 Å². The SMILES string of the molecule is CON(C)C(=O)COCCOCCOCCOCCOc1cccc(C(=O)O)c1C(=O)O. The summed E-state index contributed by atoms with van der Waals surface area (Å²) in [5.74, 6) is -3.05. The zero-order valence-corrected chi connectivity index (χ0v) is 18.1. The molecule has 0 aliphatic heterocycles. The first-order valence-electron chi connectivity index (χ1n) is 9.72. The van der Waals surface area contributed by atoms with Crippen LogP contribution in [0.4, 0.5) is 0 Å². The normalized spacial score (nSPS) is 10.7. The molecule has 0 aliphatic rings. The molecule has 12 heteroatoms. The summed E-state index contributed by atoms with van der Waals surface area (Å²) in [5, 5.41) is 19.4. The van der Waals surface area contributed by atoms with Crippen LogP contribution in [0, 0.1) is 0 Å². The number of amides is 1. The van der Waals surface area contributed by atoms with Gasteiger partial charge in [-0.1, -0.05) is 6.07 Å². The lowest BCUT2D eigenvalue weighted by atomic mass is 10.1.